The molecule has 0 amide bonds. The predicted molar refractivity (Wildman–Crippen MR) is 90.2 cm³/mol. The number of nitrogens with zero attached hydrogens (tertiary/aromatic N) is 4. The van der Waals surface area contributed by atoms with Gasteiger partial charge in [-0.2, -0.15) is 5.10 Å². The molecule has 6 nitrogen and oxygen atoms in total. The molecule has 1 aliphatic carbocycles. The number of H-pyrrole nitrogens is 1. The zero-order chi connectivity index (χ0) is 16.1. The third kappa shape index (κ3) is 2.77. The van der Waals surface area contributed by atoms with Gasteiger partial charge in [-0.1, -0.05) is 27.7 Å². The quantitative estimate of drug-likeness (QED) is 0.896. The molecule has 4 rings (SSSR count). The van der Waals surface area contributed by atoms with Crippen LogP contribution < -0.4 is 5.32 Å². The van der Waals surface area contributed by atoms with Gasteiger partial charge in [-0.25, -0.2) is 4.98 Å². The zero-order valence-electron chi connectivity index (χ0n) is 14.1. The Labute approximate surface area is 132 Å². The molecule has 2 unspecified atom stereocenters. The third-order valence-electron chi connectivity index (χ3n) is 3.53. The predicted octanol–water partition coefficient (Wildman–Crippen LogP) is 3.01. The average molecular weight is 302 g/mol. The number of aromatic nitrogens is 4. The first-order chi connectivity index (χ1) is 10.9. The molecule has 22 heavy (non-hydrogen) atoms. The van der Waals surface area contributed by atoms with Crippen molar-refractivity contribution in [3.63, 3.8) is 0 Å². The summed E-state index contributed by atoms with van der Waals surface area (Å²) in [6, 6.07) is 1.03. The second-order valence-corrected chi connectivity index (χ2v) is 4.70. The maximum atomic E-state index is 4.52. The summed E-state index contributed by atoms with van der Waals surface area (Å²) in [4.78, 5) is 9.01. The SMILES string of the molecule is CC.CC.CCN=C1NC2CC2n2c(-c3cn[nH]c3)cnc21. The molecule has 2 aromatic rings. The monoisotopic (exact) mass is 302 g/mol. The molecule has 0 bridgehead atoms. The summed E-state index contributed by atoms with van der Waals surface area (Å²) >= 11 is 0. The molecule has 2 atom stereocenters. The highest BCUT2D eigenvalue weighted by Gasteiger charge is 2.46. The summed E-state index contributed by atoms with van der Waals surface area (Å²) in [5, 5.41) is 10.3. The first-order valence-electron chi connectivity index (χ1n) is 8.26. The molecule has 6 heteroatoms. The third-order valence-corrected chi connectivity index (χ3v) is 3.53. The molecule has 120 valence electrons. The molecule has 2 aliphatic rings. The Morgan fingerprint density at radius 3 is 2.68 bits per heavy atom. The van der Waals surface area contributed by atoms with Gasteiger partial charge in [0.15, 0.2) is 11.7 Å². The summed E-state index contributed by atoms with van der Waals surface area (Å²) in [6.45, 7) is 10.8. The Morgan fingerprint density at radius 2 is 2.05 bits per heavy atom. The Hall–Kier alpha value is -2.11. The standard InChI is InChI=1S/C12H14N6.2C2H6/c1-2-13-11-12-14-6-10(7-4-15-16-5-7)18(12)9-3-8(9)17-11;2*1-2/h4-6,8-9H,2-3H2,1H3,(H,13,17)(H,15,16);2*1-2H3. The van der Waals surface area contributed by atoms with Crippen LogP contribution >= 0.6 is 0 Å². The number of hydrogen-bond acceptors (Lipinski definition) is 3. The molecule has 0 aromatic carbocycles. The summed E-state index contributed by atoms with van der Waals surface area (Å²) in [5.74, 6) is 1.87. The minimum absolute atomic E-state index is 0.516. The number of aromatic amines is 1. The van der Waals surface area contributed by atoms with Crippen molar-refractivity contribution in [1.82, 2.24) is 25.1 Å². The second kappa shape index (κ2) is 7.24. The van der Waals surface area contributed by atoms with Crippen LogP contribution in [0.2, 0.25) is 0 Å². The normalized spacial score (nSPS) is 22.3. The van der Waals surface area contributed by atoms with Gasteiger partial charge in [0, 0.05) is 18.3 Å². The Morgan fingerprint density at radius 1 is 1.27 bits per heavy atom. The molecule has 1 saturated carbocycles. The first-order valence-corrected chi connectivity index (χ1v) is 8.26. The van der Waals surface area contributed by atoms with Crippen molar-refractivity contribution < 1.29 is 0 Å². The van der Waals surface area contributed by atoms with Crippen molar-refractivity contribution in [2.45, 2.75) is 53.1 Å². The Kier molecular flexibility index (Phi) is 5.35. The zero-order valence-corrected chi connectivity index (χ0v) is 14.1. The van der Waals surface area contributed by atoms with E-state index in [1.54, 1.807) is 0 Å². The average Bonchev–Trinajstić information content (AvgIpc) is 2.98. The smallest absolute Gasteiger partial charge is 0.176 e. The highest BCUT2D eigenvalue weighted by molar-refractivity contribution is 5.98. The fourth-order valence-electron chi connectivity index (χ4n) is 2.61. The molecule has 1 fully saturated rings. The maximum Gasteiger partial charge on any atom is 0.176 e. The molecule has 0 saturated heterocycles. The van der Waals surface area contributed by atoms with Crippen LogP contribution in [0.1, 0.15) is 52.9 Å². The lowest BCUT2D eigenvalue weighted by Gasteiger charge is -2.19. The van der Waals surface area contributed by atoms with Gasteiger partial charge in [-0.05, 0) is 13.3 Å². The van der Waals surface area contributed by atoms with Gasteiger partial charge in [0.25, 0.3) is 0 Å². The van der Waals surface area contributed by atoms with E-state index >= 15 is 0 Å². The van der Waals surface area contributed by atoms with Crippen molar-refractivity contribution in [3.05, 3.63) is 24.4 Å². The fourth-order valence-corrected chi connectivity index (χ4v) is 2.61. The lowest BCUT2D eigenvalue weighted by molar-refractivity contribution is 0.651. The molecule has 2 aromatic heterocycles. The van der Waals surface area contributed by atoms with Gasteiger partial charge in [-0.15, -0.1) is 0 Å². The van der Waals surface area contributed by atoms with Crippen LogP contribution in [0, 0.1) is 0 Å². The first kappa shape index (κ1) is 16.3. The summed E-state index contributed by atoms with van der Waals surface area (Å²) < 4.78 is 2.29. The van der Waals surface area contributed by atoms with Crippen LogP contribution in [0.5, 0.6) is 0 Å². The van der Waals surface area contributed by atoms with Crippen molar-refractivity contribution >= 4 is 5.84 Å². The van der Waals surface area contributed by atoms with Crippen LogP contribution in [-0.2, 0) is 0 Å². The molecule has 2 N–H and O–H groups in total. The van der Waals surface area contributed by atoms with E-state index in [1.165, 1.54) is 0 Å². The number of imidazole rings is 1. The fraction of sp³-hybridized carbons (Fsp3) is 0.562. The minimum Gasteiger partial charge on any atom is -0.362 e. The van der Waals surface area contributed by atoms with Crippen LogP contribution in [0.4, 0.5) is 0 Å². The van der Waals surface area contributed by atoms with Crippen molar-refractivity contribution in [3.8, 4) is 11.3 Å². The van der Waals surface area contributed by atoms with Crippen molar-refractivity contribution in [2.75, 3.05) is 6.54 Å². The number of fused-ring (bicyclic) bond motifs is 3. The summed E-state index contributed by atoms with van der Waals surface area (Å²) in [7, 11) is 0. The van der Waals surface area contributed by atoms with E-state index < -0.39 is 0 Å². The van der Waals surface area contributed by atoms with Gasteiger partial charge in [0.1, 0.15) is 0 Å². The van der Waals surface area contributed by atoms with E-state index in [9.17, 15) is 0 Å². The lowest BCUT2D eigenvalue weighted by atomic mass is 10.2. The van der Waals surface area contributed by atoms with Crippen LogP contribution in [0.25, 0.3) is 11.3 Å². The van der Waals surface area contributed by atoms with Crippen LogP contribution in [-0.4, -0.2) is 38.2 Å². The number of rotatable bonds is 2. The molecule has 1 aliphatic heterocycles. The lowest BCUT2D eigenvalue weighted by Crippen LogP contribution is -2.35. The van der Waals surface area contributed by atoms with E-state index in [1.807, 2.05) is 53.2 Å². The topological polar surface area (TPSA) is 70.9 Å². The second-order valence-electron chi connectivity index (χ2n) is 4.70. The number of aliphatic imine (C=N–C) groups is 1. The van der Waals surface area contributed by atoms with Gasteiger partial charge in [0.05, 0.1) is 30.2 Å². The van der Waals surface area contributed by atoms with E-state index in [0.717, 1.165) is 35.9 Å². The van der Waals surface area contributed by atoms with E-state index in [0.29, 0.717) is 12.1 Å². The minimum atomic E-state index is 0.516. The summed E-state index contributed by atoms with van der Waals surface area (Å²) in [5.41, 5.74) is 2.20. The molecular weight excluding hydrogens is 276 g/mol. The van der Waals surface area contributed by atoms with E-state index in [2.05, 4.69) is 30.1 Å². The number of nitrogens with one attached hydrogen (secondary N) is 2. The Bertz CT molecular complexity index is 611. The van der Waals surface area contributed by atoms with Gasteiger partial charge >= 0.3 is 0 Å². The highest BCUT2D eigenvalue weighted by Crippen LogP contribution is 2.43. The van der Waals surface area contributed by atoms with Gasteiger partial charge < -0.3 is 9.88 Å². The summed E-state index contributed by atoms with van der Waals surface area (Å²) in [6.07, 6.45) is 6.80. The highest BCUT2D eigenvalue weighted by atomic mass is 15.3. The number of hydrogen-bond donors (Lipinski definition) is 2. The maximum absolute atomic E-state index is 4.52. The molecule has 3 heterocycles. The van der Waals surface area contributed by atoms with Gasteiger partial charge in [-0.3, -0.25) is 10.1 Å². The number of amidine groups is 1. The van der Waals surface area contributed by atoms with Crippen LogP contribution in [0.15, 0.2) is 23.6 Å². The van der Waals surface area contributed by atoms with Crippen molar-refractivity contribution in [1.29, 1.82) is 0 Å². The molecule has 0 radical (unpaired) electrons. The molecule has 0 spiro atoms. The van der Waals surface area contributed by atoms with Crippen LogP contribution in [0.3, 0.4) is 0 Å². The molecular formula is C16H26N6. The van der Waals surface area contributed by atoms with Gasteiger partial charge in [0.2, 0.25) is 0 Å². The Balaban J connectivity index is 0.000000410. The van der Waals surface area contributed by atoms with Crippen molar-refractivity contribution in [2.24, 2.45) is 4.99 Å². The largest absolute Gasteiger partial charge is 0.362 e. The van der Waals surface area contributed by atoms with E-state index in [-0.39, 0.29) is 0 Å². The van der Waals surface area contributed by atoms with E-state index in [4.69, 9.17) is 0 Å².